The molecule has 0 bridgehead atoms. The minimum Gasteiger partial charge on any atom is -0.380 e. The van der Waals surface area contributed by atoms with E-state index in [1.807, 2.05) is 0 Å². The van der Waals surface area contributed by atoms with Gasteiger partial charge in [0, 0.05) is 24.0 Å². The summed E-state index contributed by atoms with van der Waals surface area (Å²) in [4.78, 5) is 0.260. The average molecular weight is 369 g/mol. The Kier molecular flexibility index (Phi) is 4.89. The second kappa shape index (κ2) is 6.10. The molecule has 0 saturated carbocycles. The maximum atomic E-state index is 12.5. The molecule has 0 radical (unpaired) electrons. The second-order valence-corrected chi connectivity index (χ2v) is 7.52. The van der Waals surface area contributed by atoms with Crippen molar-refractivity contribution in [3.8, 4) is 0 Å². The van der Waals surface area contributed by atoms with E-state index in [1.54, 1.807) is 25.2 Å². The van der Waals surface area contributed by atoms with E-state index in [9.17, 15) is 8.42 Å². The Hall–Kier alpha value is -0.140. The molecule has 2 rings (SSSR count). The van der Waals surface area contributed by atoms with Crippen LogP contribution in [-0.4, -0.2) is 39.0 Å². The van der Waals surface area contributed by atoms with Gasteiger partial charge in [0.15, 0.2) is 0 Å². The number of sulfonamides is 1. The molecule has 1 aromatic carbocycles. The fourth-order valence-corrected chi connectivity index (χ4v) is 4.62. The first-order valence-corrected chi connectivity index (χ1v) is 8.63. The molecule has 19 heavy (non-hydrogen) atoms. The van der Waals surface area contributed by atoms with Gasteiger partial charge in [0.25, 0.3) is 0 Å². The maximum Gasteiger partial charge on any atom is 0.244 e. The van der Waals surface area contributed by atoms with Crippen LogP contribution >= 0.6 is 27.5 Å². The van der Waals surface area contributed by atoms with Gasteiger partial charge in [-0.2, -0.15) is 4.31 Å². The van der Waals surface area contributed by atoms with Gasteiger partial charge in [0.1, 0.15) is 0 Å². The van der Waals surface area contributed by atoms with Crippen LogP contribution in [0.2, 0.25) is 0 Å². The number of nitrogens with zero attached hydrogens (tertiary/aromatic N) is 1. The van der Waals surface area contributed by atoms with Gasteiger partial charge in [-0.15, -0.1) is 11.6 Å². The Balaban J connectivity index is 2.33. The van der Waals surface area contributed by atoms with Gasteiger partial charge in [0.05, 0.1) is 17.5 Å². The van der Waals surface area contributed by atoms with E-state index in [0.717, 1.165) is 12.0 Å². The minimum absolute atomic E-state index is 0.0930. The van der Waals surface area contributed by atoms with Gasteiger partial charge in [0.2, 0.25) is 10.0 Å². The molecule has 1 unspecified atom stereocenters. The highest BCUT2D eigenvalue weighted by molar-refractivity contribution is 9.10. The summed E-state index contributed by atoms with van der Waals surface area (Å²) >= 11 is 9.04. The highest BCUT2D eigenvalue weighted by atomic mass is 79.9. The van der Waals surface area contributed by atoms with Crippen molar-refractivity contribution < 1.29 is 13.2 Å². The summed E-state index contributed by atoms with van der Waals surface area (Å²) in [5.41, 5.74) is 0.874. The third-order valence-corrected chi connectivity index (χ3v) is 6.42. The zero-order chi connectivity index (χ0) is 14.0. The molecule has 1 heterocycles. The lowest BCUT2D eigenvalue weighted by atomic mass is 10.2. The number of benzene rings is 1. The van der Waals surface area contributed by atoms with Crippen LogP contribution < -0.4 is 0 Å². The Morgan fingerprint density at radius 2 is 2.26 bits per heavy atom. The fraction of sp³-hybridized carbons (Fsp3) is 0.500. The summed E-state index contributed by atoms with van der Waals surface area (Å²) in [6, 6.07) is 4.95. The van der Waals surface area contributed by atoms with Crippen molar-refractivity contribution in [3.63, 3.8) is 0 Å². The monoisotopic (exact) mass is 367 g/mol. The second-order valence-electron chi connectivity index (χ2n) is 4.44. The maximum absolute atomic E-state index is 12.5. The largest absolute Gasteiger partial charge is 0.380 e. The van der Waals surface area contributed by atoms with E-state index in [1.165, 1.54) is 4.31 Å². The Labute approximate surface area is 126 Å². The number of ether oxygens (including phenoxy) is 1. The van der Waals surface area contributed by atoms with Crippen LogP contribution in [0.1, 0.15) is 12.0 Å². The Morgan fingerprint density at radius 1 is 1.53 bits per heavy atom. The van der Waals surface area contributed by atoms with Crippen LogP contribution in [0, 0.1) is 0 Å². The SMILES string of the molecule is CN(C1CCOC1)S(=O)(=O)c1ccc(CCl)cc1Br. The molecule has 1 atom stereocenters. The Morgan fingerprint density at radius 3 is 2.79 bits per heavy atom. The highest BCUT2D eigenvalue weighted by Gasteiger charge is 2.31. The first-order valence-electron chi connectivity index (χ1n) is 5.87. The molecule has 0 aromatic heterocycles. The van der Waals surface area contributed by atoms with Crippen LogP contribution in [0.25, 0.3) is 0 Å². The molecule has 1 saturated heterocycles. The number of alkyl halides is 1. The van der Waals surface area contributed by atoms with E-state index >= 15 is 0 Å². The molecular weight excluding hydrogens is 354 g/mol. The van der Waals surface area contributed by atoms with Crippen molar-refractivity contribution >= 4 is 37.6 Å². The molecular formula is C12H15BrClNO3S. The van der Waals surface area contributed by atoms with Crippen molar-refractivity contribution in [2.24, 2.45) is 0 Å². The summed E-state index contributed by atoms with van der Waals surface area (Å²) < 4.78 is 32.3. The predicted molar refractivity (Wildman–Crippen MR) is 77.9 cm³/mol. The van der Waals surface area contributed by atoms with Crippen molar-refractivity contribution in [2.45, 2.75) is 23.2 Å². The van der Waals surface area contributed by atoms with E-state index < -0.39 is 10.0 Å². The van der Waals surface area contributed by atoms with Crippen molar-refractivity contribution in [3.05, 3.63) is 28.2 Å². The van der Waals surface area contributed by atoms with Gasteiger partial charge >= 0.3 is 0 Å². The van der Waals surface area contributed by atoms with Gasteiger partial charge in [-0.05, 0) is 40.0 Å². The summed E-state index contributed by atoms with van der Waals surface area (Å²) in [6.07, 6.45) is 0.729. The molecule has 1 aromatic rings. The van der Waals surface area contributed by atoms with Crippen molar-refractivity contribution in [1.29, 1.82) is 0 Å². The molecule has 7 heteroatoms. The van der Waals surface area contributed by atoms with Gasteiger partial charge in [-0.1, -0.05) is 6.07 Å². The summed E-state index contributed by atoms with van der Waals surface area (Å²) in [5, 5.41) is 0. The molecule has 4 nitrogen and oxygen atoms in total. The third kappa shape index (κ3) is 3.13. The van der Waals surface area contributed by atoms with Gasteiger partial charge in [-0.25, -0.2) is 8.42 Å². The lowest BCUT2D eigenvalue weighted by molar-refractivity contribution is 0.181. The van der Waals surface area contributed by atoms with Gasteiger partial charge in [-0.3, -0.25) is 0 Å². The molecule has 106 valence electrons. The third-order valence-electron chi connectivity index (χ3n) is 3.23. The predicted octanol–water partition coefficient (Wildman–Crippen LogP) is 2.60. The molecule has 0 amide bonds. The average Bonchev–Trinajstić information content (AvgIpc) is 2.90. The van der Waals surface area contributed by atoms with Crippen LogP contribution in [-0.2, 0) is 20.6 Å². The highest BCUT2D eigenvalue weighted by Crippen LogP contribution is 2.28. The number of halogens is 2. The minimum atomic E-state index is -3.51. The van der Waals surface area contributed by atoms with Crippen molar-refractivity contribution in [2.75, 3.05) is 20.3 Å². The zero-order valence-electron chi connectivity index (χ0n) is 10.5. The number of rotatable bonds is 4. The molecule has 0 aliphatic carbocycles. The summed E-state index contributed by atoms with van der Waals surface area (Å²) in [5.74, 6) is 0.352. The first-order chi connectivity index (χ1) is 8.96. The fourth-order valence-electron chi connectivity index (χ4n) is 2.00. The lowest BCUT2D eigenvalue weighted by Crippen LogP contribution is -2.37. The molecule has 1 fully saturated rings. The molecule has 0 N–H and O–H groups in total. The van der Waals surface area contributed by atoms with Crippen LogP contribution in [0.5, 0.6) is 0 Å². The Bertz CT molecular complexity index is 558. The van der Waals surface area contributed by atoms with E-state index in [2.05, 4.69) is 15.9 Å². The lowest BCUT2D eigenvalue weighted by Gasteiger charge is -2.23. The number of hydrogen-bond acceptors (Lipinski definition) is 3. The topological polar surface area (TPSA) is 46.6 Å². The number of likely N-dealkylation sites (N-methyl/N-ethyl adjacent to an activating group) is 1. The smallest absolute Gasteiger partial charge is 0.244 e. The quantitative estimate of drug-likeness (QED) is 0.768. The first kappa shape index (κ1) is 15.3. The van der Waals surface area contributed by atoms with E-state index in [4.69, 9.17) is 16.3 Å². The van der Waals surface area contributed by atoms with Crippen molar-refractivity contribution in [1.82, 2.24) is 4.31 Å². The van der Waals surface area contributed by atoms with Crippen LogP contribution in [0.3, 0.4) is 0 Å². The molecule has 1 aliphatic rings. The van der Waals surface area contributed by atoms with Crippen LogP contribution in [0.4, 0.5) is 0 Å². The van der Waals surface area contributed by atoms with E-state index in [-0.39, 0.29) is 10.9 Å². The molecule has 1 aliphatic heterocycles. The summed E-state index contributed by atoms with van der Waals surface area (Å²) in [6.45, 7) is 1.06. The standard InChI is InChI=1S/C12H15BrClNO3S/c1-15(10-4-5-18-8-10)19(16,17)12-3-2-9(7-14)6-11(12)13/h2-3,6,10H,4-5,7-8H2,1H3. The van der Waals surface area contributed by atoms with Crippen LogP contribution in [0.15, 0.2) is 27.6 Å². The zero-order valence-corrected chi connectivity index (χ0v) is 13.6. The van der Waals surface area contributed by atoms with Gasteiger partial charge < -0.3 is 4.74 Å². The summed E-state index contributed by atoms with van der Waals surface area (Å²) in [7, 11) is -1.92. The normalized spacial score (nSPS) is 20.1. The molecule has 0 spiro atoms. The number of hydrogen-bond donors (Lipinski definition) is 0. The van der Waals surface area contributed by atoms with E-state index in [0.29, 0.717) is 23.6 Å².